The molecule has 3 amide bonds. The highest BCUT2D eigenvalue weighted by Crippen LogP contribution is 2.33. The fourth-order valence-corrected chi connectivity index (χ4v) is 8.49. The first-order valence-electron chi connectivity index (χ1n) is 20.9. The van der Waals surface area contributed by atoms with E-state index in [-0.39, 0.29) is 52.8 Å². The van der Waals surface area contributed by atoms with Gasteiger partial charge in [-0.1, -0.05) is 27.7 Å². The van der Waals surface area contributed by atoms with E-state index in [1.807, 2.05) is 32.4 Å². The molecule has 0 aliphatic rings. The van der Waals surface area contributed by atoms with E-state index >= 15 is 0 Å². The highest BCUT2D eigenvalue weighted by atomic mass is 35.5. The van der Waals surface area contributed by atoms with Crippen LogP contribution in [0.5, 0.6) is 0 Å². The van der Waals surface area contributed by atoms with Gasteiger partial charge in [-0.15, -0.1) is 0 Å². The van der Waals surface area contributed by atoms with Crippen molar-refractivity contribution in [1.29, 1.82) is 0 Å². The normalized spacial score (nSPS) is 11.3. The Hall–Kier alpha value is -6.75. The Balaban J connectivity index is 0.000000250. The lowest BCUT2D eigenvalue weighted by molar-refractivity contribution is -0.118. The molecule has 0 aliphatic carbocycles. The minimum Gasteiger partial charge on any atom is -0.343 e. The van der Waals surface area contributed by atoms with E-state index in [4.69, 9.17) is 16.7 Å². The zero-order chi connectivity index (χ0) is 51.7. The van der Waals surface area contributed by atoms with Crippen molar-refractivity contribution in [3.8, 4) is 22.3 Å². The maximum Gasteiger partial charge on any atom is 0.283 e. The SMILES string of the molecule is CC(C)c1cc(F)cc(-c2ccncc2)c1CC(=O)Cl.CC(C)c1cc(F)cc(-c2ccncc2)c1CC(=O)NS(=O)(=O)c1cc(C(=O)N(C)C)n(C)n1.CN(C)C(=O)c1cc(S(N)(=O)=O)nn1C. The first kappa shape index (κ1) is 54.9. The van der Waals surface area contributed by atoms with Crippen LogP contribution in [0.3, 0.4) is 0 Å². The molecular formula is C46H53ClF2N10O8S2. The number of nitrogens with one attached hydrogen (secondary N) is 1. The van der Waals surface area contributed by atoms with Crippen molar-refractivity contribution in [2.45, 2.75) is 62.4 Å². The van der Waals surface area contributed by atoms with Gasteiger partial charge in [0.25, 0.3) is 31.9 Å². The average molecular weight is 1010 g/mol. The van der Waals surface area contributed by atoms with Crippen LogP contribution in [0.15, 0.2) is 95.5 Å². The Morgan fingerprint density at radius 1 is 0.652 bits per heavy atom. The molecule has 0 atom stereocenters. The first-order chi connectivity index (χ1) is 32.1. The lowest BCUT2D eigenvalue weighted by Crippen LogP contribution is -2.32. The average Bonchev–Trinajstić information content (AvgIpc) is 3.87. The van der Waals surface area contributed by atoms with Gasteiger partial charge in [-0.3, -0.25) is 38.5 Å². The topological polar surface area (TPSA) is 243 Å². The molecule has 368 valence electrons. The number of carbonyl (C=O) groups excluding carboxylic acids is 4. The molecular weight excluding hydrogens is 958 g/mol. The minimum absolute atomic E-state index is 0.0541. The Labute approximate surface area is 404 Å². The number of aryl methyl sites for hydroxylation is 2. The fourth-order valence-electron chi connectivity index (χ4n) is 6.87. The Morgan fingerprint density at radius 2 is 1.03 bits per heavy atom. The third-order valence-electron chi connectivity index (χ3n) is 10.2. The van der Waals surface area contributed by atoms with Gasteiger partial charge in [-0.2, -0.15) is 18.6 Å². The number of hydrogen-bond donors (Lipinski definition) is 2. The predicted octanol–water partition coefficient (Wildman–Crippen LogP) is 5.58. The van der Waals surface area contributed by atoms with Crippen molar-refractivity contribution in [1.82, 2.24) is 44.1 Å². The second-order valence-corrected chi connectivity index (χ2v) is 20.0. The molecule has 3 N–H and O–H groups in total. The Bertz CT molecular complexity index is 3070. The maximum atomic E-state index is 14.4. The molecule has 69 heavy (non-hydrogen) atoms. The molecule has 0 saturated carbocycles. The van der Waals surface area contributed by atoms with E-state index in [0.717, 1.165) is 33.5 Å². The standard InChI is InChI=1S/C23H26FN5O4S.C16H15ClFNO.C7H12N4O3S/c1-14(2)17-10-16(24)11-18(15-6-8-25-9-7-15)19(17)12-21(30)27-34(32,33)22-13-20(29(5)26-22)23(31)28(3)4;1-10(2)13-7-12(18)8-14(15(13)9-16(17)20)11-3-5-19-6-4-11;1-10(2)7(12)5-4-6(9-11(5)3)15(8,13)14/h6-11,13-14H,12H2,1-5H3,(H,27,30);3-8,10H,9H2,1-2H3;4H,1-3H3,(H2,8,13,14). The van der Waals surface area contributed by atoms with Gasteiger partial charge in [-0.05, 0) is 116 Å². The molecule has 0 fully saturated rings. The van der Waals surface area contributed by atoms with Crippen LogP contribution in [0.25, 0.3) is 22.3 Å². The Kier molecular flexibility index (Phi) is 18.3. The minimum atomic E-state index is -4.35. The zero-order valence-electron chi connectivity index (χ0n) is 39.5. The lowest BCUT2D eigenvalue weighted by Gasteiger charge is -2.18. The van der Waals surface area contributed by atoms with Crippen molar-refractivity contribution >= 4 is 54.6 Å². The summed E-state index contributed by atoms with van der Waals surface area (Å²) >= 11 is 5.54. The number of aromatic nitrogens is 6. The smallest absolute Gasteiger partial charge is 0.283 e. The molecule has 0 saturated heterocycles. The molecule has 18 nitrogen and oxygen atoms in total. The molecule has 0 radical (unpaired) electrons. The lowest BCUT2D eigenvalue weighted by atomic mass is 9.88. The summed E-state index contributed by atoms with van der Waals surface area (Å²) in [5, 5.41) is 11.2. The van der Waals surface area contributed by atoms with E-state index in [0.29, 0.717) is 27.8 Å². The first-order valence-corrected chi connectivity index (χ1v) is 24.3. The van der Waals surface area contributed by atoms with Crippen LogP contribution in [-0.4, -0.2) is 107 Å². The van der Waals surface area contributed by atoms with Crippen molar-refractivity contribution < 1.29 is 44.8 Å². The number of rotatable bonds is 13. The highest BCUT2D eigenvalue weighted by molar-refractivity contribution is 7.90. The third-order valence-corrected chi connectivity index (χ3v) is 12.3. The number of nitrogens with zero attached hydrogens (tertiary/aromatic N) is 8. The van der Waals surface area contributed by atoms with Gasteiger partial charge in [0.15, 0.2) is 10.1 Å². The highest BCUT2D eigenvalue weighted by Gasteiger charge is 2.27. The molecule has 2 aromatic carbocycles. The van der Waals surface area contributed by atoms with Crippen LogP contribution in [-0.2, 0) is 56.6 Å². The number of primary sulfonamides is 1. The van der Waals surface area contributed by atoms with Crippen LogP contribution in [0.4, 0.5) is 8.78 Å². The van der Waals surface area contributed by atoms with Gasteiger partial charge in [0, 0.05) is 85.6 Å². The van der Waals surface area contributed by atoms with Gasteiger partial charge in [-0.25, -0.2) is 27.1 Å². The van der Waals surface area contributed by atoms with Crippen LogP contribution in [0, 0.1) is 11.6 Å². The molecule has 0 spiro atoms. The number of amides is 3. The van der Waals surface area contributed by atoms with Gasteiger partial charge < -0.3 is 9.80 Å². The number of benzene rings is 2. The Morgan fingerprint density at radius 3 is 1.38 bits per heavy atom. The van der Waals surface area contributed by atoms with Crippen molar-refractivity contribution in [2.24, 2.45) is 19.2 Å². The molecule has 6 rings (SSSR count). The summed E-state index contributed by atoms with van der Waals surface area (Å²) < 4.78 is 80.2. The summed E-state index contributed by atoms with van der Waals surface area (Å²) in [4.78, 5) is 58.5. The van der Waals surface area contributed by atoms with Crippen LogP contribution >= 0.6 is 11.6 Å². The van der Waals surface area contributed by atoms with E-state index in [9.17, 15) is 44.8 Å². The monoisotopic (exact) mass is 1010 g/mol. The fraction of sp³-hybridized carbons (Fsp3) is 0.304. The summed E-state index contributed by atoms with van der Waals surface area (Å²) in [7, 11) is 0.882. The summed E-state index contributed by atoms with van der Waals surface area (Å²) in [6.45, 7) is 7.65. The van der Waals surface area contributed by atoms with E-state index in [2.05, 4.69) is 20.2 Å². The number of nitrogens with two attached hydrogens (primary N) is 1. The second-order valence-electron chi connectivity index (χ2n) is 16.5. The molecule has 23 heteroatoms. The number of pyridine rings is 2. The van der Waals surface area contributed by atoms with Gasteiger partial charge >= 0.3 is 0 Å². The number of hydrogen-bond acceptors (Lipinski definition) is 12. The van der Waals surface area contributed by atoms with Gasteiger partial charge in [0.2, 0.25) is 11.1 Å². The van der Waals surface area contributed by atoms with E-state index in [1.165, 1.54) is 66.9 Å². The summed E-state index contributed by atoms with van der Waals surface area (Å²) in [6, 6.07) is 14.8. The van der Waals surface area contributed by atoms with E-state index < -0.39 is 47.9 Å². The second kappa shape index (κ2) is 23.0. The summed E-state index contributed by atoms with van der Waals surface area (Å²) in [5.74, 6) is -2.36. The molecule has 0 bridgehead atoms. The molecule has 0 aliphatic heterocycles. The number of carbonyl (C=O) groups is 4. The molecule has 4 heterocycles. The number of halogens is 3. The maximum absolute atomic E-state index is 14.4. The van der Waals surface area contributed by atoms with Crippen molar-refractivity contribution in [3.63, 3.8) is 0 Å². The predicted molar refractivity (Wildman–Crippen MR) is 255 cm³/mol. The quantitative estimate of drug-likeness (QED) is 0.135. The van der Waals surface area contributed by atoms with Crippen molar-refractivity contribution in [3.05, 3.63) is 131 Å². The summed E-state index contributed by atoms with van der Waals surface area (Å²) in [5.41, 5.74) is 5.59. The van der Waals surface area contributed by atoms with E-state index in [1.54, 1.807) is 63.1 Å². The zero-order valence-corrected chi connectivity index (χ0v) is 41.9. The largest absolute Gasteiger partial charge is 0.343 e. The summed E-state index contributed by atoms with van der Waals surface area (Å²) in [6.07, 6.45) is 6.17. The van der Waals surface area contributed by atoms with Crippen LogP contribution in [0.2, 0.25) is 0 Å². The molecule has 6 aromatic rings. The van der Waals surface area contributed by atoms with Gasteiger partial charge in [0.05, 0.1) is 6.42 Å². The van der Waals surface area contributed by atoms with Crippen LogP contribution in [0.1, 0.15) is 82.8 Å². The molecule has 4 aromatic heterocycles. The number of sulfonamides is 2. The van der Waals surface area contributed by atoms with Gasteiger partial charge in [0.1, 0.15) is 23.0 Å². The third kappa shape index (κ3) is 14.4. The molecule has 0 unspecified atom stereocenters. The van der Waals surface area contributed by atoms with Crippen LogP contribution < -0.4 is 9.86 Å². The van der Waals surface area contributed by atoms with Crippen molar-refractivity contribution in [2.75, 3.05) is 28.2 Å².